The summed E-state index contributed by atoms with van der Waals surface area (Å²) in [5.41, 5.74) is 0.339. The summed E-state index contributed by atoms with van der Waals surface area (Å²) in [6, 6.07) is 6.03. The molecule has 0 aromatic heterocycles. The van der Waals surface area contributed by atoms with E-state index in [9.17, 15) is 13.2 Å². The molecule has 0 radical (unpaired) electrons. The Bertz CT molecular complexity index is 410. The topological polar surface area (TPSA) is 3.24 Å². The molecule has 2 rings (SSSR count). The first kappa shape index (κ1) is 14.2. The Morgan fingerprint density at radius 2 is 1.74 bits per heavy atom. The minimum atomic E-state index is -4.25. The van der Waals surface area contributed by atoms with Gasteiger partial charge < -0.3 is 4.90 Å². The smallest absolute Gasteiger partial charge is 0.368 e. The Labute approximate surface area is 112 Å². The van der Waals surface area contributed by atoms with Crippen LogP contribution in [-0.4, -0.2) is 12.6 Å². The van der Waals surface area contributed by atoms with Crippen LogP contribution in [0.15, 0.2) is 24.3 Å². The number of alkyl halides is 3. The highest BCUT2D eigenvalue weighted by atomic mass is 19.4. The van der Waals surface area contributed by atoms with Gasteiger partial charge in [0.15, 0.2) is 0 Å². The summed E-state index contributed by atoms with van der Waals surface area (Å²) in [5, 5.41) is 0. The Morgan fingerprint density at radius 1 is 1.11 bits per heavy atom. The maximum absolute atomic E-state index is 12.5. The van der Waals surface area contributed by atoms with E-state index in [1.807, 2.05) is 0 Å². The molecule has 0 N–H and O–H groups in total. The minimum Gasteiger partial charge on any atom is -0.368 e. The van der Waals surface area contributed by atoms with E-state index >= 15 is 0 Å². The molecule has 0 bridgehead atoms. The van der Waals surface area contributed by atoms with Gasteiger partial charge in [0.1, 0.15) is 0 Å². The third-order valence-corrected chi connectivity index (χ3v) is 4.15. The Morgan fingerprint density at radius 3 is 2.21 bits per heavy atom. The predicted molar refractivity (Wildman–Crippen MR) is 71.3 cm³/mol. The second-order valence-corrected chi connectivity index (χ2v) is 5.17. The molecule has 1 heterocycles. The lowest BCUT2D eigenvalue weighted by Gasteiger charge is -2.29. The van der Waals surface area contributed by atoms with Gasteiger partial charge in [-0.15, -0.1) is 0 Å². The molecule has 0 spiro atoms. The zero-order valence-electron chi connectivity index (χ0n) is 11.4. The van der Waals surface area contributed by atoms with Crippen molar-refractivity contribution >= 4 is 5.69 Å². The number of halogens is 3. The normalized spacial score (nSPS) is 23.9. The summed E-state index contributed by atoms with van der Waals surface area (Å²) in [4.78, 5) is 2.26. The van der Waals surface area contributed by atoms with Crippen molar-refractivity contribution < 1.29 is 13.2 Å². The monoisotopic (exact) mass is 271 g/mol. The van der Waals surface area contributed by atoms with Crippen molar-refractivity contribution in [2.45, 2.75) is 45.3 Å². The number of hydrogen-bond donors (Lipinski definition) is 0. The van der Waals surface area contributed by atoms with Gasteiger partial charge in [-0.05, 0) is 43.0 Å². The molecule has 19 heavy (non-hydrogen) atoms. The van der Waals surface area contributed by atoms with Crippen LogP contribution < -0.4 is 4.90 Å². The molecule has 0 aliphatic carbocycles. The Balaban J connectivity index is 2.18. The van der Waals surface area contributed by atoms with Gasteiger partial charge in [0.05, 0.1) is 5.56 Å². The summed E-state index contributed by atoms with van der Waals surface area (Å²) in [7, 11) is 0. The first-order valence-electron chi connectivity index (χ1n) is 6.91. The number of anilines is 1. The third-order valence-electron chi connectivity index (χ3n) is 4.15. The van der Waals surface area contributed by atoms with E-state index in [0.717, 1.165) is 31.5 Å². The average Bonchev–Trinajstić information content (AvgIpc) is 2.80. The van der Waals surface area contributed by atoms with Gasteiger partial charge in [0, 0.05) is 18.3 Å². The van der Waals surface area contributed by atoms with Crippen molar-refractivity contribution in [1.82, 2.24) is 0 Å². The molecule has 1 nitrogen and oxygen atoms in total. The number of nitrogens with zero attached hydrogens (tertiary/aromatic N) is 1. The van der Waals surface area contributed by atoms with Gasteiger partial charge in [0.25, 0.3) is 0 Å². The van der Waals surface area contributed by atoms with Crippen molar-refractivity contribution in [1.29, 1.82) is 0 Å². The highest BCUT2D eigenvalue weighted by molar-refractivity contribution is 5.50. The fourth-order valence-electron chi connectivity index (χ4n) is 3.11. The first-order chi connectivity index (χ1) is 8.97. The van der Waals surface area contributed by atoms with Crippen LogP contribution in [0.25, 0.3) is 0 Å². The van der Waals surface area contributed by atoms with E-state index < -0.39 is 11.7 Å². The minimum absolute atomic E-state index is 0.460. The summed E-state index contributed by atoms with van der Waals surface area (Å²) in [5.74, 6) is 0.660. The highest BCUT2D eigenvalue weighted by Gasteiger charge is 2.33. The van der Waals surface area contributed by atoms with Gasteiger partial charge in [-0.1, -0.05) is 20.3 Å². The van der Waals surface area contributed by atoms with E-state index in [2.05, 4.69) is 18.7 Å². The number of hydrogen-bond acceptors (Lipinski definition) is 1. The van der Waals surface area contributed by atoms with Crippen LogP contribution in [0.5, 0.6) is 0 Å². The highest BCUT2D eigenvalue weighted by Crippen LogP contribution is 2.35. The molecular weight excluding hydrogens is 251 g/mol. The van der Waals surface area contributed by atoms with Gasteiger partial charge in [0.2, 0.25) is 0 Å². The Kier molecular flexibility index (Phi) is 4.07. The molecular formula is C15H20F3N. The average molecular weight is 271 g/mol. The molecule has 2 atom stereocenters. The summed E-state index contributed by atoms with van der Waals surface area (Å²) < 4.78 is 37.6. The molecule has 1 fully saturated rings. The lowest BCUT2D eigenvalue weighted by atomic mass is 9.95. The SMILES string of the molecule is CCC1CCN(c2ccc(C(F)(F)F)cc2)C1CC. The van der Waals surface area contributed by atoms with Gasteiger partial charge >= 0.3 is 6.18 Å². The molecule has 106 valence electrons. The van der Waals surface area contributed by atoms with Crippen molar-refractivity contribution in [3.8, 4) is 0 Å². The molecule has 4 heteroatoms. The van der Waals surface area contributed by atoms with Crippen LogP contribution in [0.4, 0.5) is 18.9 Å². The largest absolute Gasteiger partial charge is 0.416 e. The van der Waals surface area contributed by atoms with Crippen LogP contribution >= 0.6 is 0 Å². The van der Waals surface area contributed by atoms with E-state index in [4.69, 9.17) is 0 Å². The van der Waals surface area contributed by atoms with E-state index in [1.165, 1.54) is 12.1 Å². The van der Waals surface area contributed by atoms with Gasteiger partial charge in [-0.3, -0.25) is 0 Å². The van der Waals surface area contributed by atoms with Crippen molar-refractivity contribution in [3.05, 3.63) is 29.8 Å². The number of rotatable bonds is 3. The molecule has 1 aliphatic rings. The van der Waals surface area contributed by atoms with Crippen LogP contribution in [0.3, 0.4) is 0 Å². The fraction of sp³-hybridized carbons (Fsp3) is 0.600. The summed E-state index contributed by atoms with van der Waals surface area (Å²) in [6.45, 7) is 5.28. The van der Waals surface area contributed by atoms with E-state index in [-0.39, 0.29) is 0 Å². The summed E-state index contributed by atoms with van der Waals surface area (Å²) in [6.07, 6.45) is -0.940. The fourth-order valence-corrected chi connectivity index (χ4v) is 3.11. The van der Waals surface area contributed by atoms with Gasteiger partial charge in [-0.2, -0.15) is 13.2 Å². The van der Waals surface area contributed by atoms with Crippen molar-refractivity contribution in [2.75, 3.05) is 11.4 Å². The lowest BCUT2D eigenvalue weighted by Crippen LogP contribution is -2.32. The molecule has 1 aromatic rings. The van der Waals surface area contributed by atoms with Crippen LogP contribution in [0.2, 0.25) is 0 Å². The van der Waals surface area contributed by atoms with Crippen molar-refractivity contribution in [2.24, 2.45) is 5.92 Å². The maximum Gasteiger partial charge on any atom is 0.416 e. The standard InChI is InChI=1S/C15H20F3N/c1-3-11-9-10-19(14(11)4-2)13-7-5-12(6-8-13)15(16,17)18/h5-8,11,14H,3-4,9-10H2,1-2H3. The molecule has 1 aromatic carbocycles. The second-order valence-electron chi connectivity index (χ2n) is 5.17. The second kappa shape index (κ2) is 5.43. The number of benzene rings is 1. The van der Waals surface area contributed by atoms with Crippen LogP contribution in [0.1, 0.15) is 38.7 Å². The lowest BCUT2D eigenvalue weighted by molar-refractivity contribution is -0.137. The van der Waals surface area contributed by atoms with Crippen LogP contribution in [-0.2, 0) is 6.18 Å². The third kappa shape index (κ3) is 2.88. The zero-order valence-corrected chi connectivity index (χ0v) is 11.4. The van der Waals surface area contributed by atoms with Crippen molar-refractivity contribution in [3.63, 3.8) is 0 Å². The quantitative estimate of drug-likeness (QED) is 0.769. The molecule has 0 amide bonds. The van der Waals surface area contributed by atoms with E-state index in [0.29, 0.717) is 12.0 Å². The predicted octanol–water partition coefficient (Wildman–Crippen LogP) is 4.72. The Hall–Kier alpha value is -1.19. The molecule has 1 aliphatic heterocycles. The maximum atomic E-state index is 12.5. The first-order valence-corrected chi connectivity index (χ1v) is 6.91. The summed E-state index contributed by atoms with van der Waals surface area (Å²) >= 11 is 0. The zero-order chi connectivity index (χ0) is 14.0. The van der Waals surface area contributed by atoms with Crippen LogP contribution in [0, 0.1) is 5.92 Å². The van der Waals surface area contributed by atoms with E-state index in [1.54, 1.807) is 12.1 Å². The molecule has 2 unspecified atom stereocenters. The molecule has 1 saturated heterocycles. The van der Waals surface area contributed by atoms with Gasteiger partial charge in [-0.25, -0.2) is 0 Å². The molecule has 0 saturated carbocycles.